The lowest BCUT2D eigenvalue weighted by molar-refractivity contribution is 0.226. The molecule has 0 unspecified atom stereocenters. The van der Waals surface area contributed by atoms with Crippen molar-refractivity contribution >= 4 is 17.3 Å². The lowest BCUT2D eigenvalue weighted by Gasteiger charge is -2.40. The van der Waals surface area contributed by atoms with Gasteiger partial charge in [-0.2, -0.15) is 0 Å². The normalized spacial score (nSPS) is 21.6. The number of hydrogen-bond donors (Lipinski definition) is 1. The smallest absolute Gasteiger partial charge is 0.0471 e. The van der Waals surface area contributed by atoms with E-state index in [2.05, 4.69) is 28.4 Å². The number of hydrogen-bond acceptors (Lipinski definition) is 2. The fraction of sp³-hybridized carbons (Fsp3) is 0.647. The molecule has 1 saturated carbocycles. The van der Waals surface area contributed by atoms with E-state index in [-0.39, 0.29) is 0 Å². The fourth-order valence-corrected chi connectivity index (χ4v) is 4.17. The molecule has 0 radical (unpaired) electrons. The molecule has 1 N–H and O–H groups in total. The predicted octanol–water partition coefficient (Wildman–Crippen LogP) is 4.22. The molecule has 2 fully saturated rings. The standard InChI is InChI=1S/C17H25ClN2/c1-19-13-14-4-5-15(12-16(14)18)20-10-8-17(9-11-20)6-2-3-7-17/h4-5,12,19H,2-3,6-11,13H2,1H3. The summed E-state index contributed by atoms with van der Waals surface area (Å²) in [5, 5.41) is 4.05. The first-order valence-electron chi connectivity index (χ1n) is 7.90. The molecule has 1 saturated heterocycles. The Morgan fingerprint density at radius 1 is 1.15 bits per heavy atom. The van der Waals surface area contributed by atoms with Crippen LogP contribution in [0, 0.1) is 5.41 Å². The van der Waals surface area contributed by atoms with Crippen LogP contribution in [0.25, 0.3) is 0 Å². The highest BCUT2D eigenvalue weighted by molar-refractivity contribution is 6.31. The summed E-state index contributed by atoms with van der Waals surface area (Å²) in [5.41, 5.74) is 3.16. The van der Waals surface area contributed by atoms with Crippen molar-refractivity contribution in [3.05, 3.63) is 28.8 Å². The van der Waals surface area contributed by atoms with E-state index in [0.717, 1.165) is 11.6 Å². The van der Waals surface area contributed by atoms with Crippen molar-refractivity contribution in [2.24, 2.45) is 5.41 Å². The van der Waals surface area contributed by atoms with E-state index in [1.807, 2.05) is 7.05 Å². The first-order chi connectivity index (χ1) is 9.72. The number of nitrogens with one attached hydrogen (secondary N) is 1. The highest BCUT2D eigenvalue weighted by atomic mass is 35.5. The lowest BCUT2D eigenvalue weighted by atomic mass is 9.77. The van der Waals surface area contributed by atoms with Gasteiger partial charge in [0.15, 0.2) is 0 Å². The van der Waals surface area contributed by atoms with Crippen LogP contribution in [-0.4, -0.2) is 20.1 Å². The van der Waals surface area contributed by atoms with E-state index in [0.29, 0.717) is 5.41 Å². The summed E-state index contributed by atoms with van der Waals surface area (Å²) in [6, 6.07) is 6.53. The fourth-order valence-electron chi connectivity index (χ4n) is 3.93. The summed E-state index contributed by atoms with van der Waals surface area (Å²) < 4.78 is 0. The van der Waals surface area contributed by atoms with Gasteiger partial charge in [-0.15, -0.1) is 0 Å². The number of benzene rings is 1. The van der Waals surface area contributed by atoms with Crippen molar-refractivity contribution in [3.8, 4) is 0 Å². The molecule has 1 aliphatic carbocycles. The molecule has 3 heteroatoms. The van der Waals surface area contributed by atoms with Crippen LogP contribution in [-0.2, 0) is 6.54 Å². The maximum absolute atomic E-state index is 6.38. The number of anilines is 1. The Kier molecular flexibility index (Phi) is 4.23. The van der Waals surface area contributed by atoms with Crippen LogP contribution in [0.4, 0.5) is 5.69 Å². The van der Waals surface area contributed by atoms with E-state index in [4.69, 9.17) is 11.6 Å². The minimum absolute atomic E-state index is 0.687. The topological polar surface area (TPSA) is 15.3 Å². The summed E-state index contributed by atoms with van der Waals surface area (Å²) in [4.78, 5) is 2.51. The molecule has 110 valence electrons. The number of piperidine rings is 1. The Morgan fingerprint density at radius 2 is 1.85 bits per heavy atom. The molecule has 2 aliphatic rings. The van der Waals surface area contributed by atoms with Gasteiger partial charge in [0.25, 0.3) is 0 Å². The second kappa shape index (κ2) is 5.95. The molecule has 3 rings (SSSR count). The highest BCUT2D eigenvalue weighted by Crippen LogP contribution is 2.46. The molecule has 1 aliphatic heterocycles. The third-order valence-corrected chi connectivity index (χ3v) is 5.61. The SMILES string of the molecule is CNCc1ccc(N2CCC3(CCCC3)CC2)cc1Cl. The van der Waals surface area contributed by atoms with E-state index >= 15 is 0 Å². The van der Waals surface area contributed by atoms with E-state index < -0.39 is 0 Å². The maximum atomic E-state index is 6.38. The second-order valence-corrected chi connectivity index (χ2v) is 6.91. The molecule has 0 bridgehead atoms. The van der Waals surface area contributed by atoms with Crippen LogP contribution >= 0.6 is 11.6 Å². The lowest BCUT2D eigenvalue weighted by Crippen LogP contribution is -2.38. The molecule has 1 aromatic carbocycles. The molecule has 0 atom stereocenters. The molecular weight excluding hydrogens is 268 g/mol. The minimum atomic E-state index is 0.687. The molecule has 1 spiro atoms. The quantitative estimate of drug-likeness (QED) is 0.897. The number of halogens is 1. The minimum Gasteiger partial charge on any atom is -0.371 e. The van der Waals surface area contributed by atoms with Crippen molar-refractivity contribution in [1.29, 1.82) is 0 Å². The summed E-state index contributed by atoms with van der Waals surface area (Å²) in [6.07, 6.45) is 8.55. The molecule has 1 aromatic rings. The Labute approximate surface area is 127 Å². The van der Waals surface area contributed by atoms with Gasteiger partial charge >= 0.3 is 0 Å². The van der Waals surface area contributed by atoms with Crippen LogP contribution in [0.2, 0.25) is 5.02 Å². The summed E-state index contributed by atoms with van der Waals surface area (Å²) in [7, 11) is 1.95. The predicted molar refractivity (Wildman–Crippen MR) is 86.6 cm³/mol. The second-order valence-electron chi connectivity index (χ2n) is 6.50. The van der Waals surface area contributed by atoms with Gasteiger partial charge in [-0.3, -0.25) is 0 Å². The van der Waals surface area contributed by atoms with Crippen LogP contribution in [0.1, 0.15) is 44.1 Å². The van der Waals surface area contributed by atoms with Crippen molar-refractivity contribution in [3.63, 3.8) is 0 Å². The van der Waals surface area contributed by atoms with Crippen molar-refractivity contribution in [2.45, 2.75) is 45.1 Å². The zero-order valence-corrected chi connectivity index (χ0v) is 13.2. The van der Waals surface area contributed by atoms with Crippen LogP contribution < -0.4 is 10.2 Å². The van der Waals surface area contributed by atoms with Crippen LogP contribution in [0.3, 0.4) is 0 Å². The molecule has 1 heterocycles. The van der Waals surface area contributed by atoms with Crippen molar-refractivity contribution in [2.75, 3.05) is 25.0 Å². The average Bonchev–Trinajstić information content (AvgIpc) is 2.91. The zero-order chi connectivity index (χ0) is 14.0. The van der Waals surface area contributed by atoms with Gasteiger partial charge in [0.05, 0.1) is 0 Å². The molecule has 2 nitrogen and oxygen atoms in total. The maximum Gasteiger partial charge on any atom is 0.0471 e. The van der Waals surface area contributed by atoms with E-state index in [1.165, 1.54) is 62.9 Å². The number of nitrogens with zero attached hydrogens (tertiary/aromatic N) is 1. The first kappa shape index (κ1) is 14.2. The number of rotatable bonds is 3. The Hall–Kier alpha value is -0.730. The Morgan fingerprint density at radius 3 is 2.45 bits per heavy atom. The molecule has 0 aromatic heterocycles. The summed E-state index contributed by atoms with van der Waals surface area (Å²) >= 11 is 6.38. The van der Waals surface area contributed by atoms with Gasteiger partial charge < -0.3 is 10.2 Å². The summed E-state index contributed by atoms with van der Waals surface area (Å²) in [5.74, 6) is 0. The molecule has 20 heavy (non-hydrogen) atoms. The van der Waals surface area contributed by atoms with Gasteiger partial charge in [-0.25, -0.2) is 0 Å². The Balaban J connectivity index is 1.67. The van der Waals surface area contributed by atoms with E-state index in [1.54, 1.807) is 0 Å². The monoisotopic (exact) mass is 292 g/mol. The summed E-state index contributed by atoms with van der Waals surface area (Å²) in [6.45, 7) is 3.23. The van der Waals surface area contributed by atoms with E-state index in [9.17, 15) is 0 Å². The third kappa shape index (κ3) is 2.82. The third-order valence-electron chi connectivity index (χ3n) is 5.26. The van der Waals surface area contributed by atoms with Crippen molar-refractivity contribution in [1.82, 2.24) is 5.32 Å². The zero-order valence-electron chi connectivity index (χ0n) is 12.4. The molecule has 0 amide bonds. The highest BCUT2D eigenvalue weighted by Gasteiger charge is 2.36. The van der Waals surface area contributed by atoms with Crippen molar-refractivity contribution < 1.29 is 0 Å². The average molecular weight is 293 g/mol. The van der Waals surface area contributed by atoms with Gasteiger partial charge in [0.2, 0.25) is 0 Å². The van der Waals surface area contributed by atoms with Crippen LogP contribution in [0.15, 0.2) is 18.2 Å². The van der Waals surface area contributed by atoms with Crippen LogP contribution in [0.5, 0.6) is 0 Å². The van der Waals surface area contributed by atoms with Gasteiger partial charge in [-0.1, -0.05) is 30.5 Å². The molecular formula is C17H25ClN2. The Bertz CT molecular complexity index is 456. The van der Waals surface area contributed by atoms with Gasteiger partial charge in [0, 0.05) is 30.3 Å². The largest absolute Gasteiger partial charge is 0.371 e. The van der Waals surface area contributed by atoms with Gasteiger partial charge in [0.1, 0.15) is 0 Å². The first-order valence-corrected chi connectivity index (χ1v) is 8.28. The van der Waals surface area contributed by atoms with Gasteiger partial charge in [-0.05, 0) is 55.8 Å².